The van der Waals surface area contributed by atoms with Crippen LogP contribution in [0.5, 0.6) is 0 Å². The summed E-state index contributed by atoms with van der Waals surface area (Å²) in [6, 6.07) is 14.3. The molecule has 1 amide bonds. The maximum atomic E-state index is 12.7. The van der Waals surface area contributed by atoms with E-state index in [0.717, 1.165) is 49.4 Å². The SMILES string of the molecule is C.Cc1cc(C2=CCNCC2)ccc1C(=O)Nc1ccc(C2CNC2)cc1. The summed E-state index contributed by atoms with van der Waals surface area (Å²) in [5.74, 6) is 0.560. The molecule has 142 valence electrons. The van der Waals surface area contributed by atoms with E-state index in [2.05, 4.69) is 46.3 Å². The van der Waals surface area contributed by atoms with E-state index >= 15 is 0 Å². The van der Waals surface area contributed by atoms with Crippen molar-refractivity contribution >= 4 is 17.2 Å². The quantitative estimate of drug-likeness (QED) is 0.771. The van der Waals surface area contributed by atoms with Crippen molar-refractivity contribution in [3.05, 3.63) is 70.8 Å². The molecule has 0 saturated carbocycles. The van der Waals surface area contributed by atoms with E-state index < -0.39 is 0 Å². The number of hydrogen-bond acceptors (Lipinski definition) is 3. The van der Waals surface area contributed by atoms with Gasteiger partial charge in [-0.05, 0) is 60.4 Å². The third kappa shape index (κ3) is 4.29. The fraction of sp³-hybridized carbons (Fsp3) is 0.348. The van der Waals surface area contributed by atoms with E-state index in [1.165, 1.54) is 16.7 Å². The van der Waals surface area contributed by atoms with Gasteiger partial charge >= 0.3 is 0 Å². The Kier molecular flexibility index (Phi) is 6.09. The van der Waals surface area contributed by atoms with Crippen molar-refractivity contribution in [2.45, 2.75) is 26.7 Å². The number of amides is 1. The molecule has 2 aromatic rings. The number of anilines is 1. The molecular weight excluding hydrogens is 334 g/mol. The van der Waals surface area contributed by atoms with Crippen LogP contribution in [-0.4, -0.2) is 32.1 Å². The predicted molar refractivity (Wildman–Crippen MR) is 113 cm³/mol. The number of aryl methyl sites for hydroxylation is 1. The van der Waals surface area contributed by atoms with Gasteiger partial charge in [0.1, 0.15) is 0 Å². The fourth-order valence-corrected chi connectivity index (χ4v) is 3.56. The van der Waals surface area contributed by atoms with Crippen molar-refractivity contribution in [2.24, 2.45) is 0 Å². The second kappa shape index (κ2) is 8.51. The van der Waals surface area contributed by atoms with Crippen LogP contribution in [0.2, 0.25) is 0 Å². The Hall–Kier alpha value is -2.43. The maximum absolute atomic E-state index is 12.7. The van der Waals surface area contributed by atoms with Crippen LogP contribution >= 0.6 is 0 Å². The molecule has 2 aliphatic heterocycles. The molecule has 2 aromatic carbocycles. The van der Waals surface area contributed by atoms with Crippen molar-refractivity contribution in [3.8, 4) is 0 Å². The molecule has 0 aromatic heterocycles. The molecule has 4 nitrogen and oxygen atoms in total. The second-order valence-corrected chi connectivity index (χ2v) is 7.14. The Labute approximate surface area is 162 Å². The summed E-state index contributed by atoms with van der Waals surface area (Å²) in [6.45, 7) is 6.03. The smallest absolute Gasteiger partial charge is 0.255 e. The molecule has 3 N–H and O–H groups in total. The largest absolute Gasteiger partial charge is 0.322 e. The molecule has 2 heterocycles. The van der Waals surface area contributed by atoms with Gasteiger partial charge in [0.05, 0.1) is 0 Å². The predicted octanol–water partition coefficient (Wildman–Crippen LogP) is 3.95. The zero-order valence-electron chi connectivity index (χ0n) is 15.1. The van der Waals surface area contributed by atoms with Crippen molar-refractivity contribution in [3.63, 3.8) is 0 Å². The molecule has 0 bridgehead atoms. The number of rotatable bonds is 4. The number of carbonyl (C=O) groups is 1. The van der Waals surface area contributed by atoms with Gasteiger partial charge < -0.3 is 16.0 Å². The van der Waals surface area contributed by atoms with Crippen LogP contribution in [-0.2, 0) is 0 Å². The van der Waals surface area contributed by atoms with Crippen molar-refractivity contribution in [2.75, 3.05) is 31.5 Å². The first-order valence-electron chi connectivity index (χ1n) is 9.33. The zero-order chi connectivity index (χ0) is 17.9. The van der Waals surface area contributed by atoms with Gasteiger partial charge in [-0.3, -0.25) is 4.79 Å². The van der Waals surface area contributed by atoms with Crippen LogP contribution < -0.4 is 16.0 Å². The summed E-state index contributed by atoms with van der Waals surface area (Å²) in [7, 11) is 0. The molecule has 27 heavy (non-hydrogen) atoms. The molecule has 0 spiro atoms. The third-order valence-corrected chi connectivity index (χ3v) is 5.33. The third-order valence-electron chi connectivity index (χ3n) is 5.33. The average Bonchev–Trinajstić information content (AvgIpc) is 2.62. The van der Waals surface area contributed by atoms with E-state index in [0.29, 0.717) is 5.92 Å². The van der Waals surface area contributed by atoms with Gasteiger partial charge in [0.15, 0.2) is 0 Å². The standard InChI is InChI=1S/C22H25N3O.CH4/c1-15-12-18(17-8-10-23-11-9-17)4-7-21(15)22(26)25-20-5-2-16(3-6-20)19-13-24-14-19;/h2-8,12,19,23-24H,9-11,13-14H2,1H3,(H,25,26);1H4. The molecule has 0 unspecified atom stereocenters. The fourth-order valence-electron chi connectivity index (χ4n) is 3.56. The van der Waals surface area contributed by atoms with E-state index in [9.17, 15) is 4.79 Å². The Morgan fingerprint density at radius 2 is 1.85 bits per heavy atom. The lowest BCUT2D eigenvalue weighted by Crippen LogP contribution is -2.39. The van der Waals surface area contributed by atoms with Gasteiger partial charge in [0.2, 0.25) is 0 Å². The van der Waals surface area contributed by atoms with Gasteiger partial charge in [0.25, 0.3) is 5.91 Å². The van der Waals surface area contributed by atoms with E-state index in [1.54, 1.807) is 0 Å². The van der Waals surface area contributed by atoms with Gasteiger partial charge in [-0.2, -0.15) is 0 Å². The molecule has 0 aliphatic carbocycles. The van der Waals surface area contributed by atoms with Crippen LogP contribution in [0.15, 0.2) is 48.5 Å². The second-order valence-electron chi connectivity index (χ2n) is 7.14. The van der Waals surface area contributed by atoms with E-state index in [4.69, 9.17) is 0 Å². The van der Waals surface area contributed by atoms with Crippen LogP contribution in [0.3, 0.4) is 0 Å². The average molecular weight is 364 g/mol. The Bertz CT molecular complexity index is 835. The molecule has 1 saturated heterocycles. The maximum Gasteiger partial charge on any atom is 0.255 e. The first-order chi connectivity index (χ1) is 12.7. The molecule has 0 radical (unpaired) electrons. The van der Waals surface area contributed by atoms with Crippen molar-refractivity contribution in [1.82, 2.24) is 10.6 Å². The lowest BCUT2D eigenvalue weighted by molar-refractivity contribution is 0.102. The molecule has 0 atom stereocenters. The summed E-state index contributed by atoms with van der Waals surface area (Å²) in [5, 5.41) is 9.64. The molecule has 4 heteroatoms. The number of nitrogens with one attached hydrogen (secondary N) is 3. The number of carbonyl (C=O) groups excluding carboxylic acids is 1. The zero-order valence-corrected chi connectivity index (χ0v) is 15.1. The van der Waals surface area contributed by atoms with Crippen molar-refractivity contribution < 1.29 is 4.79 Å². The molecule has 2 aliphatic rings. The van der Waals surface area contributed by atoms with Gasteiger partial charge in [-0.15, -0.1) is 0 Å². The first-order valence-corrected chi connectivity index (χ1v) is 9.33. The van der Waals surface area contributed by atoms with Crippen LogP contribution in [0.4, 0.5) is 5.69 Å². The van der Waals surface area contributed by atoms with Gasteiger partial charge in [-0.1, -0.05) is 37.8 Å². The Balaban J connectivity index is 0.00000210. The lowest BCUT2D eigenvalue weighted by atomic mass is 9.93. The minimum Gasteiger partial charge on any atom is -0.322 e. The molecule has 4 rings (SSSR count). The minimum atomic E-state index is -0.0496. The Morgan fingerprint density at radius 1 is 1.07 bits per heavy atom. The number of hydrogen-bond donors (Lipinski definition) is 3. The van der Waals surface area contributed by atoms with Crippen LogP contribution in [0.25, 0.3) is 5.57 Å². The monoisotopic (exact) mass is 363 g/mol. The normalized spacial score (nSPS) is 16.7. The van der Waals surface area contributed by atoms with E-state index in [-0.39, 0.29) is 13.3 Å². The van der Waals surface area contributed by atoms with Crippen LogP contribution in [0.1, 0.15) is 46.8 Å². The highest BCUT2D eigenvalue weighted by Crippen LogP contribution is 2.24. The Morgan fingerprint density at radius 3 is 2.44 bits per heavy atom. The summed E-state index contributed by atoms with van der Waals surface area (Å²) in [6.07, 6.45) is 3.27. The van der Waals surface area contributed by atoms with Gasteiger partial charge in [-0.25, -0.2) is 0 Å². The highest BCUT2D eigenvalue weighted by Gasteiger charge is 2.18. The summed E-state index contributed by atoms with van der Waals surface area (Å²) >= 11 is 0. The van der Waals surface area contributed by atoms with Gasteiger partial charge in [0, 0.05) is 36.8 Å². The minimum absolute atomic E-state index is 0. The van der Waals surface area contributed by atoms with Crippen LogP contribution in [0, 0.1) is 6.92 Å². The summed E-state index contributed by atoms with van der Waals surface area (Å²) in [5.41, 5.74) is 6.50. The molecule has 1 fully saturated rings. The topological polar surface area (TPSA) is 53.2 Å². The summed E-state index contributed by atoms with van der Waals surface area (Å²) in [4.78, 5) is 12.7. The molecular formula is C23H29N3O. The highest BCUT2D eigenvalue weighted by atomic mass is 16.1. The first kappa shape index (κ1) is 19.3. The summed E-state index contributed by atoms with van der Waals surface area (Å²) < 4.78 is 0. The van der Waals surface area contributed by atoms with Crippen molar-refractivity contribution in [1.29, 1.82) is 0 Å². The number of benzene rings is 2. The highest BCUT2D eigenvalue weighted by molar-refractivity contribution is 6.05. The van der Waals surface area contributed by atoms with E-state index in [1.807, 2.05) is 25.1 Å². The lowest BCUT2D eigenvalue weighted by Gasteiger charge is -2.27.